The van der Waals surface area contributed by atoms with E-state index in [0.717, 1.165) is 0 Å². The number of nitrogens with zero attached hydrogens (tertiary/aromatic N) is 1. The highest BCUT2D eigenvalue weighted by Gasteiger charge is 2.18. The second kappa shape index (κ2) is 7.00. The van der Waals surface area contributed by atoms with Gasteiger partial charge in [0.05, 0.1) is 6.54 Å². The Morgan fingerprint density at radius 2 is 2.13 bits per heavy atom. The molecule has 0 radical (unpaired) electrons. The van der Waals surface area contributed by atoms with Crippen LogP contribution in [0.3, 0.4) is 0 Å². The summed E-state index contributed by atoms with van der Waals surface area (Å²) in [5.74, 6) is -1.21. The summed E-state index contributed by atoms with van der Waals surface area (Å²) < 4.78 is 0. The lowest BCUT2D eigenvalue weighted by Gasteiger charge is -2.24. The number of carboxylic acids is 1. The van der Waals surface area contributed by atoms with Crippen LogP contribution in [-0.4, -0.2) is 47.6 Å². The minimum Gasteiger partial charge on any atom is -0.480 e. The van der Waals surface area contributed by atoms with Crippen LogP contribution in [-0.2, 0) is 9.59 Å². The zero-order chi connectivity index (χ0) is 11.8. The summed E-state index contributed by atoms with van der Waals surface area (Å²) in [7, 11) is 0. The molecule has 1 amide bonds. The molecule has 86 valence electrons. The normalized spacial score (nSPS) is 10.1. The third kappa shape index (κ3) is 5.85. The molecule has 0 heterocycles. The largest absolute Gasteiger partial charge is 0.480 e. The molecule has 5 nitrogen and oxygen atoms in total. The summed E-state index contributed by atoms with van der Waals surface area (Å²) >= 11 is 0. The second-order valence-electron chi connectivity index (χ2n) is 3.43. The summed E-state index contributed by atoms with van der Waals surface area (Å²) in [5, 5.41) is 11.5. The van der Waals surface area contributed by atoms with Gasteiger partial charge in [-0.25, -0.2) is 0 Å². The van der Waals surface area contributed by atoms with Gasteiger partial charge >= 0.3 is 5.97 Å². The molecule has 0 aromatic rings. The van der Waals surface area contributed by atoms with E-state index in [2.05, 4.69) is 11.9 Å². The highest BCUT2D eigenvalue weighted by molar-refractivity contribution is 5.83. The lowest BCUT2D eigenvalue weighted by Crippen LogP contribution is -2.44. The SMILES string of the molecule is C=CCNCC(=O)N(CC(=O)O)C(C)C. The van der Waals surface area contributed by atoms with Gasteiger partial charge in [-0.05, 0) is 13.8 Å². The Labute approximate surface area is 89.8 Å². The first-order valence-corrected chi connectivity index (χ1v) is 4.82. The van der Waals surface area contributed by atoms with Crippen molar-refractivity contribution in [2.45, 2.75) is 19.9 Å². The van der Waals surface area contributed by atoms with Crippen molar-refractivity contribution in [3.63, 3.8) is 0 Å². The maximum atomic E-state index is 11.6. The molecule has 0 aromatic carbocycles. The molecule has 0 bridgehead atoms. The quantitative estimate of drug-likeness (QED) is 0.465. The summed E-state index contributed by atoms with van der Waals surface area (Å²) in [5.41, 5.74) is 0. The number of carbonyl (C=O) groups excluding carboxylic acids is 1. The van der Waals surface area contributed by atoms with Crippen molar-refractivity contribution in [1.29, 1.82) is 0 Å². The van der Waals surface area contributed by atoms with E-state index in [1.807, 2.05) is 0 Å². The molecule has 5 heteroatoms. The average Bonchev–Trinajstić information content (AvgIpc) is 2.13. The number of nitrogens with one attached hydrogen (secondary N) is 1. The van der Waals surface area contributed by atoms with Crippen LogP contribution in [0.2, 0.25) is 0 Å². The zero-order valence-corrected chi connectivity index (χ0v) is 9.19. The topological polar surface area (TPSA) is 69.6 Å². The van der Waals surface area contributed by atoms with Crippen molar-refractivity contribution in [2.75, 3.05) is 19.6 Å². The van der Waals surface area contributed by atoms with Crippen molar-refractivity contribution >= 4 is 11.9 Å². The molecule has 0 unspecified atom stereocenters. The van der Waals surface area contributed by atoms with E-state index in [1.54, 1.807) is 19.9 Å². The third-order valence-electron chi connectivity index (χ3n) is 1.81. The standard InChI is InChI=1S/C10H18N2O3/c1-4-5-11-6-9(13)12(8(2)3)7-10(14)15/h4,8,11H,1,5-7H2,2-3H3,(H,14,15). The Hall–Kier alpha value is -1.36. The molecule has 0 saturated heterocycles. The molecule has 0 fully saturated rings. The summed E-state index contributed by atoms with van der Waals surface area (Å²) in [6, 6.07) is -0.112. The number of aliphatic carboxylic acids is 1. The van der Waals surface area contributed by atoms with E-state index in [9.17, 15) is 9.59 Å². The van der Waals surface area contributed by atoms with Crippen LogP contribution in [0.4, 0.5) is 0 Å². The van der Waals surface area contributed by atoms with E-state index in [0.29, 0.717) is 6.54 Å². The molecule has 0 spiro atoms. The number of rotatable bonds is 7. The van der Waals surface area contributed by atoms with E-state index in [4.69, 9.17) is 5.11 Å². The van der Waals surface area contributed by atoms with Crippen LogP contribution in [0.25, 0.3) is 0 Å². The molecule has 0 aromatic heterocycles. The fraction of sp³-hybridized carbons (Fsp3) is 0.600. The first-order valence-electron chi connectivity index (χ1n) is 4.82. The van der Waals surface area contributed by atoms with Crippen LogP contribution in [0.15, 0.2) is 12.7 Å². The smallest absolute Gasteiger partial charge is 0.323 e. The number of carboxylic acid groups (broad SMARTS) is 1. The molecular weight excluding hydrogens is 196 g/mol. The average molecular weight is 214 g/mol. The maximum absolute atomic E-state index is 11.6. The van der Waals surface area contributed by atoms with Gasteiger partial charge < -0.3 is 15.3 Å². The van der Waals surface area contributed by atoms with E-state index in [-0.39, 0.29) is 25.0 Å². The fourth-order valence-corrected chi connectivity index (χ4v) is 1.09. The van der Waals surface area contributed by atoms with Gasteiger partial charge in [0.25, 0.3) is 0 Å². The van der Waals surface area contributed by atoms with E-state index in [1.165, 1.54) is 4.90 Å². The Bertz CT molecular complexity index is 239. The van der Waals surface area contributed by atoms with Crippen LogP contribution in [0.5, 0.6) is 0 Å². The van der Waals surface area contributed by atoms with Crippen molar-refractivity contribution in [3.8, 4) is 0 Å². The van der Waals surface area contributed by atoms with Gasteiger partial charge in [-0.3, -0.25) is 9.59 Å². The molecule has 0 aliphatic carbocycles. The predicted molar refractivity (Wildman–Crippen MR) is 57.6 cm³/mol. The van der Waals surface area contributed by atoms with Gasteiger partial charge in [-0.15, -0.1) is 6.58 Å². The van der Waals surface area contributed by atoms with Crippen molar-refractivity contribution in [2.24, 2.45) is 0 Å². The molecular formula is C10H18N2O3. The lowest BCUT2D eigenvalue weighted by atomic mass is 10.3. The van der Waals surface area contributed by atoms with Crippen LogP contribution in [0, 0.1) is 0 Å². The monoisotopic (exact) mass is 214 g/mol. The van der Waals surface area contributed by atoms with E-state index >= 15 is 0 Å². The van der Waals surface area contributed by atoms with Gasteiger partial charge in [-0.1, -0.05) is 6.08 Å². The fourth-order valence-electron chi connectivity index (χ4n) is 1.09. The number of amides is 1. The van der Waals surface area contributed by atoms with Crippen molar-refractivity contribution in [3.05, 3.63) is 12.7 Å². The molecule has 0 rings (SSSR count). The molecule has 15 heavy (non-hydrogen) atoms. The number of carbonyl (C=O) groups is 2. The summed E-state index contributed by atoms with van der Waals surface area (Å²) in [6.07, 6.45) is 1.64. The molecule has 0 saturated carbocycles. The van der Waals surface area contributed by atoms with Gasteiger partial charge in [0.1, 0.15) is 6.54 Å². The van der Waals surface area contributed by atoms with Gasteiger partial charge in [0, 0.05) is 12.6 Å². The summed E-state index contributed by atoms with van der Waals surface area (Å²) in [4.78, 5) is 23.4. The lowest BCUT2D eigenvalue weighted by molar-refractivity contribution is -0.145. The zero-order valence-electron chi connectivity index (χ0n) is 9.19. The Morgan fingerprint density at radius 1 is 1.53 bits per heavy atom. The third-order valence-corrected chi connectivity index (χ3v) is 1.81. The first-order chi connectivity index (χ1) is 6.99. The van der Waals surface area contributed by atoms with Crippen LogP contribution < -0.4 is 5.32 Å². The highest BCUT2D eigenvalue weighted by Crippen LogP contribution is 1.98. The van der Waals surface area contributed by atoms with Crippen molar-refractivity contribution < 1.29 is 14.7 Å². The van der Waals surface area contributed by atoms with Gasteiger partial charge in [-0.2, -0.15) is 0 Å². The first kappa shape index (κ1) is 13.6. The van der Waals surface area contributed by atoms with Gasteiger partial charge in [0.2, 0.25) is 5.91 Å². The number of hydrogen-bond donors (Lipinski definition) is 2. The number of hydrogen-bond acceptors (Lipinski definition) is 3. The maximum Gasteiger partial charge on any atom is 0.323 e. The molecule has 2 N–H and O–H groups in total. The molecule has 0 aliphatic heterocycles. The Morgan fingerprint density at radius 3 is 2.53 bits per heavy atom. The molecule has 0 aliphatic rings. The van der Waals surface area contributed by atoms with E-state index < -0.39 is 5.97 Å². The summed E-state index contributed by atoms with van der Waals surface area (Å²) in [6.45, 7) is 7.49. The van der Waals surface area contributed by atoms with Crippen molar-refractivity contribution in [1.82, 2.24) is 10.2 Å². The van der Waals surface area contributed by atoms with Gasteiger partial charge in [0.15, 0.2) is 0 Å². The van der Waals surface area contributed by atoms with Crippen LogP contribution >= 0.6 is 0 Å². The minimum atomic E-state index is -0.999. The Kier molecular flexibility index (Phi) is 6.37. The Balaban J connectivity index is 4.16. The minimum absolute atomic E-state index is 0.112. The highest BCUT2D eigenvalue weighted by atomic mass is 16.4. The predicted octanol–water partition coefficient (Wildman–Crippen LogP) is 0.0836. The van der Waals surface area contributed by atoms with Crippen LogP contribution in [0.1, 0.15) is 13.8 Å². The molecule has 0 atom stereocenters. The second-order valence-corrected chi connectivity index (χ2v) is 3.43.